The Labute approximate surface area is 260 Å². The summed E-state index contributed by atoms with van der Waals surface area (Å²) in [6, 6.07) is 23.8. The minimum absolute atomic E-state index is 0.0748. The number of carbonyl (C=O) groups is 2. The number of anilines is 1. The van der Waals surface area contributed by atoms with Crippen LogP contribution in [0, 0.1) is 0 Å². The van der Waals surface area contributed by atoms with Crippen LogP contribution < -0.4 is 19.1 Å². The van der Waals surface area contributed by atoms with Gasteiger partial charge in [-0.25, -0.2) is 8.42 Å². The van der Waals surface area contributed by atoms with E-state index in [9.17, 15) is 18.0 Å². The molecule has 2 aliphatic rings. The first-order valence-electron chi connectivity index (χ1n) is 15.3. The number of hydrogen-bond acceptors (Lipinski definition) is 6. The lowest BCUT2D eigenvalue weighted by molar-refractivity contribution is -0.141. The third kappa shape index (κ3) is 8.31. The topological polar surface area (TPSA) is 105 Å². The molecule has 0 spiro atoms. The SMILES string of the molecule is CS(=O)(=O)N(CCCC(=O)N(Cc1ccccc1)C(Cc1ccccc1)C(=O)NC1CCCCC1)c1ccc2c(c1)OCO2. The highest BCUT2D eigenvalue weighted by atomic mass is 32.2. The molecule has 5 rings (SSSR count). The monoisotopic (exact) mass is 619 g/mol. The summed E-state index contributed by atoms with van der Waals surface area (Å²) in [5, 5.41) is 3.25. The molecule has 1 saturated carbocycles. The summed E-state index contributed by atoms with van der Waals surface area (Å²) in [5.41, 5.74) is 2.33. The number of ether oxygens (including phenoxy) is 2. The Bertz CT molecular complexity index is 1510. The van der Waals surface area contributed by atoms with Crippen molar-refractivity contribution < 1.29 is 27.5 Å². The fraction of sp³-hybridized carbons (Fsp3) is 0.412. The average molecular weight is 620 g/mol. The first kappa shape index (κ1) is 31.4. The lowest BCUT2D eigenvalue weighted by Crippen LogP contribution is -2.52. The standard InChI is InChI=1S/C34H41N3O6S/c1-44(40,41)37(29-19-20-31-32(23-29)43-25-42-31)21-11-18-33(38)36(24-27-14-7-3-8-15-27)30(22-26-12-5-2-6-13-26)34(39)35-28-16-9-4-10-17-28/h2-3,5-8,12-15,19-20,23,28,30H,4,9-11,16-18,21-22,24-25H2,1H3,(H,35,39). The number of fused-ring (bicyclic) bond motifs is 1. The predicted molar refractivity (Wildman–Crippen MR) is 170 cm³/mol. The summed E-state index contributed by atoms with van der Waals surface area (Å²) in [6.45, 7) is 0.454. The van der Waals surface area contributed by atoms with Crippen LogP contribution >= 0.6 is 0 Å². The van der Waals surface area contributed by atoms with Gasteiger partial charge in [0.05, 0.1) is 11.9 Å². The van der Waals surface area contributed by atoms with E-state index in [2.05, 4.69) is 5.32 Å². The number of nitrogens with one attached hydrogen (secondary N) is 1. The molecule has 1 heterocycles. The molecule has 3 aromatic rings. The van der Waals surface area contributed by atoms with Crippen LogP contribution in [0.1, 0.15) is 56.1 Å². The van der Waals surface area contributed by atoms with Gasteiger partial charge in [0.25, 0.3) is 0 Å². The van der Waals surface area contributed by atoms with Crippen LogP contribution in [0.4, 0.5) is 5.69 Å². The zero-order valence-electron chi connectivity index (χ0n) is 25.2. The second kappa shape index (κ2) is 14.6. The van der Waals surface area contributed by atoms with E-state index in [-0.39, 0.29) is 50.6 Å². The molecule has 1 fully saturated rings. The van der Waals surface area contributed by atoms with Gasteiger partial charge in [0.2, 0.25) is 28.6 Å². The van der Waals surface area contributed by atoms with Crippen LogP contribution in [0.15, 0.2) is 78.9 Å². The number of nitrogens with zero attached hydrogens (tertiary/aromatic N) is 2. The molecule has 234 valence electrons. The van der Waals surface area contributed by atoms with E-state index in [1.54, 1.807) is 23.1 Å². The summed E-state index contributed by atoms with van der Waals surface area (Å²) in [6.07, 6.45) is 7.10. The highest BCUT2D eigenvalue weighted by molar-refractivity contribution is 7.92. The molecule has 1 aliphatic heterocycles. The Kier molecular flexibility index (Phi) is 10.4. The second-order valence-electron chi connectivity index (χ2n) is 11.5. The molecule has 1 aliphatic carbocycles. The molecule has 3 aromatic carbocycles. The zero-order valence-corrected chi connectivity index (χ0v) is 26.0. The Morgan fingerprint density at radius 1 is 0.886 bits per heavy atom. The van der Waals surface area contributed by atoms with Gasteiger partial charge in [-0.3, -0.25) is 13.9 Å². The van der Waals surface area contributed by atoms with Crippen LogP contribution in [0.5, 0.6) is 11.5 Å². The van der Waals surface area contributed by atoms with Gasteiger partial charge in [-0.1, -0.05) is 79.9 Å². The van der Waals surface area contributed by atoms with E-state index in [4.69, 9.17) is 9.47 Å². The summed E-state index contributed by atoms with van der Waals surface area (Å²) in [4.78, 5) is 29.6. The molecule has 1 unspecified atom stereocenters. The van der Waals surface area contributed by atoms with Crippen LogP contribution in [0.3, 0.4) is 0 Å². The van der Waals surface area contributed by atoms with Crippen molar-refractivity contribution in [3.05, 3.63) is 90.0 Å². The fourth-order valence-corrected chi connectivity index (χ4v) is 6.88. The van der Waals surface area contributed by atoms with Crippen LogP contribution in [0.2, 0.25) is 0 Å². The molecule has 0 radical (unpaired) electrons. The number of rotatable bonds is 13. The van der Waals surface area contributed by atoms with Crippen molar-refractivity contribution >= 4 is 27.5 Å². The van der Waals surface area contributed by atoms with Crippen molar-refractivity contribution in [1.82, 2.24) is 10.2 Å². The van der Waals surface area contributed by atoms with Gasteiger partial charge in [-0.15, -0.1) is 0 Å². The molecule has 1 atom stereocenters. The molecule has 0 saturated heterocycles. The van der Waals surface area contributed by atoms with Crippen molar-refractivity contribution in [2.24, 2.45) is 0 Å². The lowest BCUT2D eigenvalue weighted by atomic mass is 9.94. The van der Waals surface area contributed by atoms with Gasteiger partial charge in [-0.05, 0) is 42.5 Å². The molecular weight excluding hydrogens is 578 g/mol. The van der Waals surface area contributed by atoms with E-state index in [1.807, 2.05) is 60.7 Å². The van der Waals surface area contributed by atoms with E-state index in [0.717, 1.165) is 43.1 Å². The van der Waals surface area contributed by atoms with Crippen molar-refractivity contribution in [3.63, 3.8) is 0 Å². The van der Waals surface area contributed by atoms with Gasteiger partial charge < -0.3 is 19.7 Å². The first-order valence-corrected chi connectivity index (χ1v) is 17.2. The molecule has 44 heavy (non-hydrogen) atoms. The molecule has 0 bridgehead atoms. The van der Waals surface area contributed by atoms with E-state index >= 15 is 0 Å². The van der Waals surface area contributed by atoms with Gasteiger partial charge in [-0.2, -0.15) is 0 Å². The third-order valence-corrected chi connectivity index (χ3v) is 9.41. The molecule has 1 N–H and O–H groups in total. The summed E-state index contributed by atoms with van der Waals surface area (Å²) < 4.78 is 37.6. The Hall–Kier alpha value is -4.05. The van der Waals surface area contributed by atoms with Crippen molar-refractivity contribution in [2.75, 3.05) is 23.9 Å². The average Bonchev–Trinajstić information content (AvgIpc) is 3.50. The minimum atomic E-state index is -3.64. The Balaban J connectivity index is 1.36. The van der Waals surface area contributed by atoms with Crippen LogP contribution in [-0.4, -0.2) is 56.8 Å². The smallest absolute Gasteiger partial charge is 0.243 e. The molecular formula is C34H41N3O6S. The normalized spacial score (nSPS) is 15.4. The van der Waals surface area contributed by atoms with Crippen molar-refractivity contribution in [3.8, 4) is 11.5 Å². The quantitative estimate of drug-likeness (QED) is 0.287. The van der Waals surface area contributed by atoms with Gasteiger partial charge in [0.1, 0.15) is 6.04 Å². The molecule has 10 heteroatoms. The van der Waals surface area contributed by atoms with Gasteiger partial charge in [0.15, 0.2) is 11.5 Å². The van der Waals surface area contributed by atoms with Gasteiger partial charge in [0, 0.05) is 38.0 Å². The predicted octanol–water partition coefficient (Wildman–Crippen LogP) is 5.05. The number of sulfonamides is 1. The zero-order chi connectivity index (χ0) is 30.9. The second-order valence-corrected chi connectivity index (χ2v) is 13.4. The summed E-state index contributed by atoms with van der Waals surface area (Å²) >= 11 is 0. The minimum Gasteiger partial charge on any atom is -0.454 e. The first-order chi connectivity index (χ1) is 21.3. The molecule has 9 nitrogen and oxygen atoms in total. The summed E-state index contributed by atoms with van der Waals surface area (Å²) in [7, 11) is -3.64. The Morgan fingerprint density at radius 3 is 2.23 bits per heavy atom. The van der Waals surface area contributed by atoms with E-state index < -0.39 is 16.1 Å². The molecule has 0 aromatic heterocycles. The van der Waals surface area contributed by atoms with E-state index in [0.29, 0.717) is 23.6 Å². The highest BCUT2D eigenvalue weighted by Crippen LogP contribution is 2.36. The van der Waals surface area contributed by atoms with E-state index in [1.165, 1.54) is 10.7 Å². The van der Waals surface area contributed by atoms with Crippen LogP contribution in [0.25, 0.3) is 0 Å². The third-order valence-electron chi connectivity index (χ3n) is 8.21. The number of benzene rings is 3. The lowest BCUT2D eigenvalue weighted by Gasteiger charge is -2.34. The highest BCUT2D eigenvalue weighted by Gasteiger charge is 2.32. The molecule has 2 amide bonds. The Morgan fingerprint density at radius 2 is 1.55 bits per heavy atom. The summed E-state index contributed by atoms with van der Waals surface area (Å²) in [5.74, 6) is 0.690. The van der Waals surface area contributed by atoms with Crippen LogP contribution in [-0.2, 0) is 32.6 Å². The number of carbonyl (C=O) groups excluding carboxylic acids is 2. The van der Waals surface area contributed by atoms with Gasteiger partial charge >= 0.3 is 0 Å². The van der Waals surface area contributed by atoms with Crippen molar-refractivity contribution in [1.29, 1.82) is 0 Å². The number of hydrogen-bond donors (Lipinski definition) is 1. The fourth-order valence-electron chi connectivity index (χ4n) is 5.92. The number of amides is 2. The largest absolute Gasteiger partial charge is 0.454 e. The maximum Gasteiger partial charge on any atom is 0.243 e. The maximum atomic E-state index is 14.0. The van der Waals surface area contributed by atoms with Crippen molar-refractivity contribution in [2.45, 2.75) is 70.0 Å². The maximum absolute atomic E-state index is 14.0.